The van der Waals surface area contributed by atoms with Crippen LogP contribution >= 0.6 is 0 Å². The second kappa shape index (κ2) is 11.9. The molecule has 0 atom stereocenters. The van der Waals surface area contributed by atoms with Crippen molar-refractivity contribution >= 4 is 17.7 Å². The molecular formula is C24H25F4NO6. The first-order valence-corrected chi connectivity index (χ1v) is 11.0. The number of rotatable bonds is 9. The summed E-state index contributed by atoms with van der Waals surface area (Å²) in [6.07, 6.45) is -2.63. The van der Waals surface area contributed by atoms with Gasteiger partial charge in [-0.2, -0.15) is 0 Å². The highest BCUT2D eigenvalue weighted by Crippen LogP contribution is 2.36. The molecule has 1 aliphatic carbocycles. The van der Waals surface area contributed by atoms with E-state index in [-0.39, 0.29) is 41.9 Å². The molecule has 1 amide bonds. The smallest absolute Gasteiger partial charge is 0.480 e. The number of carbonyl (C=O) groups excluding carboxylic acids is 1. The Balaban J connectivity index is 1.54. The lowest BCUT2D eigenvalue weighted by Gasteiger charge is -2.27. The molecule has 35 heavy (non-hydrogen) atoms. The molecule has 3 rings (SSSR count). The van der Waals surface area contributed by atoms with Crippen LogP contribution in [-0.2, 0) is 14.3 Å². The van der Waals surface area contributed by atoms with Gasteiger partial charge in [0.25, 0.3) is 0 Å². The number of carbonyl (C=O) groups is 2. The molecule has 1 saturated carbocycles. The second-order valence-corrected chi connectivity index (χ2v) is 8.29. The van der Waals surface area contributed by atoms with Crippen LogP contribution in [-0.4, -0.2) is 43.4 Å². The highest BCUT2D eigenvalue weighted by molar-refractivity contribution is 5.86. The average Bonchev–Trinajstić information content (AvgIpc) is 2.77. The highest BCUT2D eigenvalue weighted by atomic mass is 19.4. The normalized spacial score (nSPS) is 18.1. The van der Waals surface area contributed by atoms with Crippen molar-refractivity contribution in [2.24, 2.45) is 11.8 Å². The number of ether oxygens (including phenoxy) is 3. The number of amides is 1. The number of alkyl halides is 3. The Kier molecular flexibility index (Phi) is 8.91. The number of anilines is 1. The fraction of sp³-hybridized carbons (Fsp3) is 0.417. The van der Waals surface area contributed by atoms with Crippen LogP contribution in [0.4, 0.5) is 28.0 Å². The summed E-state index contributed by atoms with van der Waals surface area (Å²) in [4.78, 5) is 22.7. The summed E-state index contributed by atoms with van der Waals surface area (Å²) in [5.74, 6) is -1.85. The van der Waals surface area contributed by atoms with Crippen molar-refractivity contribution in [3.05, 3.63) is 48.3 Å². The number of nitrogens with one attached hydrogen (secondary N) is 1. The Morgan fingerprint density at radius 2 is 1.69 bits per heavy atom. The van der Waals surface area contributed by atoms with E-state index < -0.39 is 30.0 Å². The molecule has 0 spiro atoms. The average molecular weight is 499 g/mol. The Morgan fingerprint density at radius 1 is 1.00 bits per heavy atom. The summed E-state index contributed by atoms with van der Waals surface area (Å²) in [5, 5.41) is 11.0. The molecule has 0 heterocycles. The number of halogens is 4. The molecule has 0 radical (unpaired) electrons. The van der Waals surface area contributed by atoms with Crippen molar-refractivity contribution in [2.75, 3.05) is 25.1 Å². The van der Waals surface area contributed by atoms with Crippen molar-refractivity contribution in [1.29, 1.82) is 0 Å². The maximum Gasteiger partial charge on any atom is 0.573 e. The topological polar surface area (TPSA) is 94.1 Å². The number of carboxylic acid groups (broad SMARTS) is 1. The van der Waals surface area contributed by atoms with Gasteiger partial charge in [-0.1, -0.05) is 12.1 Å². The molecule has 0 bridgehead atoms. The molecule has 1 aliphatic rings. The van der Waals surface area contributed by atoms with Gasteiger partial charge in [-0.15, -0.1) is 13.2 Å². The van der Waals surface area contributed by atoms with E-state index >= 15 is 0 Å². The van der Waals surface area contributed by atoms with Crippen LogP contribution in [0.3, 0.4) is 0 Å². The molecule has 11 heteroatoms. The van der Waals surface area contributed by atoms with E-state index in [1.54, 1.807) is 0 Å². The molecule has 2 N–H and O–H groups in total. The van der Waals surface area contributed by atoms with E-state index in [0.717, 1.165) is 37.8 Å². The van der Waals surface area contributed by atoms with Gasteiger partial charge >= 0.3 is 18.4 Å². The van der Waals surface area contributed by atoms with Crippen LogP contribution in [0.25, 0.3) is 11.1 Å². The number of benzene rings is 2. The summed E-state index contributed by atoms with van der Waals surface area (Å²) in [6.45, 7) is 0.179. The number of hydrogen-bond acceptors (Lipinski definition) is 5. The SMILES string of the molecule is O=C(O)COCC1CCC(COC(=O)Nc2ccc(-c3cccc(F)c3)c(OC(F)(F)F)c2)CC1. The highest BCUT2D eigenvalue weighted by Gasteiger charge is 2.32. The summed E-state index contributed by atoms with van der Waals surface area (Å²) < 4.78 is 66.8. The Bertz CT molecular complexity index is 1020. The third-order valence-corrected chi connectivity index (χ3v) is 5.58. The van der Waals surface area contributed by atoms with Gasteiger partial charge in [0, 0.05) is 17.3 Å². The zero-order chi connectivity index (χ0) is 25.4. The van der Waals surface area contributed by atoms with E-state index in [9.17, 15) is 27.2 Å². The van der Waals surface area contributed by atoms with E-state index in [2.05, 4.69) is 10.1 Å². The lowest BCUT2D eigenvalue weighted by Crippen LogP contribution is -2.25. The molecule has 0 aliphatic heterocycles. The number of carboxylic acids is 1. The number of aliphatic carboxylic acids is 1. The molecule has 0 saturated heterocycles. The van der Waals surface area contributed by atoms with Crippen molar-refractivity contribution in [3.63, 3.8) is 0 Å². The van der Waals surface area contributed by atoms with Gasteiger partial charge < -0.3 is 19.3 Å². The van der Waals surface area contributed by atoms with Gasteiger partial charge in [-0.25, -0.2) is 14.0 Å². The van der Waals surface area contributed by atoms with Crippen LogP contribution in [0.15, 0.2) is 42.5 Å². The van der Waals surface area contributed by atoms with E-state index in [1.165, 1.54) is 30.3 Å². The summed E-state index contributed by atoms with van der Waals surface area (Å²) >= 11 is 0. The molecule has 2 aromatic rings. The molecule has 0 aromatic heterocycles. The van der Waals surface area contributed by atoms with Crippen LogP contribution in [0, 0.1) is 17.7 Å². The second-order valence-electron chi connectivity index (χ2n) is 8.29. The lowest BCUT2D eigenvalue weighted by atomic mass is 9.83. The Morgan fingerprint density at radius 3 is 2.31 bits per heavy atom. The van der Waals surface area contributed by atoms with Gasteiger partial charge in [0.15, 0.2) is 0 Å². The summed E-state index contributed by atoms with van der Waals surface area (Å²) in [7, 11) is 0. The lowest BCUT2D eigenvalue weighted by molar-refractivity contribution is -0.274. The molecule has 7 nitrogen and oxygen atoms in total. The van der Waals surface area contributed by atoms with E-state index in [4.69, 9.17) is 14.6 Å². The van der Waals surface area contributed by atoms with E-state index in [1.807, 2.05) is 0 Å². The first-order chi connectivity index (χ1) is 16.6. The Hall–Kier alpha value is -3.34. The first kappa shape index (κ1) is 26.3. The maximum absolute atomic E-state index is 13.6. The minimum atomic E-state index is -4.99. The molecule has 2 aromatic carbocycles. The van der Waals surface area contributed by atoms with Crippen molar-refractivity contribution in [2.45, 2.75) is 32.0 Å². The molecule has 1 fully saturated rings. The minimum Gasteiger partial charge on any atom is -0.480 e. The standard InChI is InChI=1S/C24H25F4NO6/c25-18-3-1-2-17(10-18)20-9-8-19(11-21(20)35-24(26,27)28)29-23(32)34-13-16-6-4-15(5-7-16)12-33-14-22(30)31/h1-3,8-11,15-16H,4-7,12-14H2,(H,29,32)(H,30,31). The van der Waals surface area contributed by atoms with Crippen LogP contribution in [0.5, 0.6) is 5.75 Å². The van der Waals surface area contributed by atoms with Gasteiger partial charge in [-0.05, 0) is 67.3 Å². The van der Waals surface area contributed by atoms with Crippen molar-refractivity contribution < 1.29 is 46.5 Å². The van der Waals surface area contributed by atoms with Gasteiger partial charge in [-0.3, -0.25) is 5.32 Å². The maximum atomic E-state index is 13.6. The third kappa shape index (κ3) is 8.75. The largest absolute Gasteiger partial charge is 0.573 e. The van der Waals surface area contributed by atoms with Gasteiger partial charge in [0.1, 0.15) is 18.2 Å². The van der Waals surface area contributed by atoms with Crippen molar-refractivity contribution in [3.8, 4) is 16.9 Å². The predicted molar refractivity (Wildman–Crippen MR) is 117 cm³/mol. The zero-order valence-corrected chi connectivity index (χ0v) is 18.6. The summed E-state index contributed by atoms with van der Waals surface area (Å²) in [5.41, 5.74) is 0.209. The van der Waals surface area contributed by atoms with Gasteiger partial charge in [0.05, 0.1) is 13.2 Å². The Labute approximate surface area is 199 Å². The third-order valence-electron chi connectivity index (χ3n) is 5.58. The first-order valence-electron chi connectivity index (χ1n) is 11.0. The summed E-state index contributed by atoms with van der Waals surface area (Å²) in [6, 6.07) is 8.70. The van der Waals surface area contributed by atoms with E-state index in [0.29, 0.717) is 6.61 Å². The molecule has 0 unspecified atom stereocenters. The van der Waals surface area contributed by atoms with Crippen LogP contribution < -0.4 is 10.1 Å². The van der Waals surface area contributed by atoms with Crippen LogP contribution in [0.2, 0.25) is 0 Å². The predicted octanol–water partition coefficient (Wildman–Crippen LogP) is 5.85. The quantitative estimate of drug-likeness (QED) is 0.421. The van der Waals surface area contributed by atoms with Crippen molar-refractivity contribution in [1.82, 2.24) is 0 Å². The fourth-order valence-electron chi connectivity index (χ4n) is 3.93. The minimum absolute atomic E-state index is 0.00448. The zero-order valence-electron chi connectivity index (χ0n) is 18.6. The fourth-order valence-corrected chi connectivity index (χ4v) is 3.93. The van der Waals surface area contributed by atoms with Crippen LogP contribution in [0.1, 0.15) is 25.7 Å². The number of hydrogen-bond donors (Lipinski definition) is 2. The molecular weight excluding hydrogens is 474 g/mol. The monoisotopic (exact) mass is 499 g/mol. The molecule has 190 valence electrons. The van der Waals surface area contributed by atoms with Gasteiger partial charge in [0.2, 0.25) is 0 Å².